The van der Waals surface area contributed by atoms with E-state index in [4.69, 9.17) is 29.6 Å². The summed E-state index contributed by atoms with van der Waals surface area (Å²) in [7, 11) is -3.92. The highest BCUT2D eigenvalue weighted by atomic mass is 79.9. The second-order valence-corrected chi connectivity index (χ2v) is 7.38. The Morgan fingerprint density at radius 1 is 1.14 bits per heavy atom. The van der Waals surface area contributed by atoms with Crippen molar-refractivity contribution in [2.24, 2.45) is 0 Å². The van der Waals surface area contributed by atoms with E-state index in [0.717, 1.165) is 0 Å². The molecule has 0 aromatic heterocycles. The van der Waals surface area contributed by atoms with Crippen LogP contribution in [0.25, 0.3) is 0 Å². The van der Waals surface area contributed by atoms with Gasteiger partial charge in [0.25, 0.3) is 10.0 Å². The van der Waals surface area contributed by atoms with Crippen molar-refractivity contribution in [2.75, 3.05) is 4.72 Å². The second-order valence-electron chi connectivity index (χ2n) is 4.03. The van der Waals surface area contributed by atoms with Crippen molar-refractivity contribution >= 4 is 54.8 Å². The molecule has 7 heteroatoms. The lowest BCUT2D eigenvalue weighted by Crippen LogP contribution is -2.14. The Bertz CT molecular complexity index is 821. The van der Waals surface area contributed by atoms with Crippen LogP contribution in [0.2, 0.25) is 10.0 Å². The molecule has 2 rings (SSSR count). The van der Waals surface area contributed by atoms with Gasteiger partial charge in [0.2, 0.25) is 0 Å². The Balaban J connectivity index is 2.46. The molecule has 0 radical (unpaired) electrons. The molecule has 0 atom stereocenters. The summed E-state index contributed by atoms with van der Waals surface area (Å²) in [6.45, 7) is 0. The number of rotatable bonds is 3. The molecule has 0 bridgehead atoms. The number of nitrogens with one attached hydrogen (secondary N) is 1. The fourth-order valence-electron chi connectivity index (χ4n) is 1.66. The van der Waals surface area contributed by atoms with E-state index in [1.54, 1.807) is 18.2 Å². The number of hydrogen-bond acceptors (Lipinski definition) is 2. The maximum absolute atomic E-state index is 12.4. The molecule has 0 fully saturated rings. The lowest BCUT2D eigenvalue weighted by atomic mass is 10.2. The molecular weight excluding hydrogens is 397 g/mol. The normalized spacial score (nSPS) is 11.0. The molecular formula is C14H8BrCl2NO2S. The van der Waals surface area contributed by atoms with E-state index < -0.39 is 10.0 Å². The quantitative estimate of drug-likeness (QED) is 0.763. The lowest BCUT2D eigenvalue weighted by molar-refractivity contribution is 0.601. The van der Waals surface area contributed by atoms with Gasteiger partial charge in [-0.15, -0.1) is 6.42 Å². The van der Waals surface area contributed by atoms with Crippen LogP contribution >= 0.6 is 39.1 Å². The monoisotopic (exact) mass is 403 g/mol. The van der Waals surface area contributed by atoms with Gasteiger partial charge in [0.1, 0.15) is 4.90 Å². The lowest BCUT2D eigenvalue weighted by Gasteiger charge is -2.11. The highest BCUT2D eigenvalue weighted by Crippen LogP contribution is 2.33. The van der Waals surface area contributed by atoms with Crippen LogP contribution in [-0.4, -0.2) is 8.42 Å². The van der Waals surface area contributed by atoms with Gasteiger partial charge in [-0.25, -0.2) is 8.42 Å². The van der Waals surface area contributed by atoms with E-state index in [-0.39, 0.29) is 14.9 Å². The zero-order valence-corrected chi connectivity index (χ0v) is 14.3. The van der Waals surface area contributed by atoms with E-state index >= 15 is 0 Å². The van der Waals surface area contributed by atoms with Gasteiger partial charge in [0, 0.05) is 10.0 Å². The van der Waals surface area contributed by atoms with E-state index in [2.05, 4.69) is 26.6 Å². The number of hydrogen-bond donors (Lipinski definition) is 1. The Kier molecular flexibility index (Phi) is 4.84. The van der Waals surface area contributed by atoms with Crippen molar-refractivity contribution in [2.45, 2.75) is 4.90 Å². The van der Waals surface area contributed by atoms with Crippen LogP contribution in [0.5, 0.6) is 0 Å². The summed E-state index contributed by atoms with van der Waals surface area (Å²) in [6, 6.07) is 9.38. The van der Waals surface area contributed by atoms with Crippen molar-refractivity contribution < 1.29 is 8.42 Å². The minimum atomic E-state index is -3.92. The molecule has 0 aliphatic carbocycles. The average molecular weight is 405 g/mol. The number of halogens is 3. The van der Waals surface area contributed by atoms with Crippen LogP contribution in [-0.2, 0) is 10.0 Å². The predicted octanol–water partition coefficient (Wildman–Crippen LogP) is 4.54. The summed E-state index contributed by atoms with van der Waals surface area (Å²) < 4.78 is 27.8. The summed E-state index contributed by atoms with van der Waals surface area (Å²) >= 11 is 15.1. The second kappa shape index (κ2) is 6.29. The molecule has 0 unspecified atom stereocenters. The molecule has 108 valence electrons. The van der Waals surface area contributed by atoms with Crippen LogP contribution in [0.15, 0.2) is 45.8 Å². The van der Waals surface area contributed by atoms with Gasteiger partial charge in [-0.2, -0.15) is 0 Å². The predicted molar refractivity (Wildman–Crippen MR) is 89.3 cm³/mol. The van der Waals surface area contributed by atoms with Gasteiger partial charge in [0.05, 0.1) is 15.7 Å². The third-order valence-corrected chi connectivity index (χ3v) is 5.27. The molecule has 2 aromatic rings. The highest BCUT2D eigenvalue weighted by Gasteiger charge is 2.22. The summed E-state index contributed by atoms with van der Waals surface area (Å²) in [4.78, 5) is -0.180. The Hall–Kier alpha value is -1.19. The van der Waals surface area contributed by atoms with Gasteiger partial charge in [0.15, 0.2) is 0 Å². The first-order valence-corrected chi connectivity index (χ1v) is 8.61. The molecule has 0 spiro atoms. The molecule has 1 N–H and O–H groups in total. The number of terminal acetylenes is 1. The standard InChI is InChI=1S/C14H8BrCl2NO2S/c1-2-9-4-3-5-11(6-9)18-21(19,20)14-12(16)7-10(15)8-13(14)17/h1,3-8,18H. The number of anilines is 1. The third-order valence-electron chi connectivity index (χ3n) is 2.51. The summed E-state index contributed by atoms with van der Waals surface area (Å²) in [5.74, 6) is 2.43. The summed E-state index contributed by atoms with van der Waals surface area (Å²) in [5.41, 5.74) is 0.892. The molecule has 0 heterocycles. The molecule has 3 nitrogen and oxygen atoms in total. The van der Waals surface area contributed by atoms with Crippen LogP contribution in [0, 0.1) is 12.3 Å². The number of sulfonamides is 1. The first kappa shape index (κ1) is 16.2. The zero-order valence-electron chi connectivity index (χ0n) is 10.4. The van der Waals surface area contributed by atoms with Crippen LogP contribution in [0.4, 0.5) is 5.69 Å². The van der Waals surface area contributed by atoms with Gasteiger partial charge in [-0.05, 0) is 30.3 Å². The largest absolute Gasteiger partial charge is 0.279 e. The molecule has 0 aliphatic rings. The third kappa shape index (κ3) is 3.72. The van der Waals surface area contributed by atoms with E-state index in [0.29, 0.717) is 15.7 Å². The van der Waals surface area contributed by atoms with Crippen LogP contribution in [0.3, 0.4) is 0 Å². The fraction of sp³-hybridized carbons (Fsp3) is 0. The summed E-state index contributed by atoms with van der Waals surface area (Å²) in [5, 5.41) is 0.0463. The van der Waals surface area contributed by atoms with Gasteiger partial charge in [-0.1, -0.05) is 51.1 Å². The van der Waals surface area contributed by atoms with Gasteiger partial charge in [-0.3, -0.25) is 4.72 Å². The van der Waals surface area contributed by atoms with Gasteiger partial charge < -0.3 is 0 Å². The van der Waals surface area contributed by atoms with Crippen LogP contribution < -0.4 is 4.72 Å². The Morgan fingerprint density at radius 2 is 1.76 bits per heavy atom. The van der Waals surface area contributed by atoms with E-state index in [1.165, 1.54) is 18.2 Å². The zero-order chi connectivity index (χ0) is 15.6. The SMILES string of the molecule is C#Cc1cccc(NS(=O)(=O)c2c(Cl)cc(Br)cc2Cl)c1. The smallest absolute Gasteiger partial charge is 0.264 e. The van der Waals surface area contributed by atoms with Crippen molar-refractivity contribution in [3.8, 4) is 12.3 Å². The molecule has 0 saturated carbocycles. The first-order chi connectivity index (χ1) is 9.83. The van der Waals surface area contributed by atoms with Crippen molar-refractivity contribution in [1.29, 1.82) is 0 Å². The molecule has 2 aromatic carbocycles. The van der Waals surface area contributed by atoms with Crippen molar-refractivity contribution in [3.05, 3.63) is 56.5 Å². The molecule has 0 saturated heterocycles. The Morgan fingerprint density at radius 3 is 2.33 bits per heavy atom. The molecule has 0 aliphatic heterocycles. The topological polar surface area (TPSA) is 46.2 Å². The van der Waals surface area contributed by atoms with Gasteiger partial charge >= 0.3 is 0 Å². The van der Waals surface area contributed by atoms with E-state index in [9.17, 15) is 8.42 Å². The number of benzene rings is 2. The van der Waals surface area contributed by atoms with E-state index in [1.807, 2.05) is 0 Å². The van der Waals surface area contributed by atoms with Crippen molar-refractivity contribution in [1.82, 2.24) is 0 Å². The Labute approximate surface area is 141 Å². The molecule has 21 heavy (non-hydrogen) atoms. The highest BCUT2D eigenvalue weighted by molar-refractivity contribution is 9.10. The van der Waals surface area contributed by atoms with Crippen molar-refractivity contribution in [3.63, 3.8) is 0 Å². The first-order valence-electron chi connectivity index (χ1n) is 5.57. The molecule has 0 amide bonds. The minimum absolute atomic E-state index is 0.0231. The maximum atomic E-state index is 12.4. The maximum Gasteiger partial charge on any atom is 0.264 e. The average Bonchev–Trinajstić information content (AvgIpc) is 2.36. The minimum Gasteiger partial charge on any atom is -0.279 e. The summed E-state index contributed by atoms with van der Waals surface area (Å²) in [6.07, 6.45) is 5.28. The van der Waals surface area contributed by atoms with Crippen LogP contribution in [0.1, 0.15) is 5.56 Å². The fourth-order valence-corrected chi connectivity index (χ4v) is 4.65.